The zero-order valence-electron chi connectivity index (χ0n) is 13.2. The second-order valence-electron chi connectivity index (χ2n) is 6.15. The van der Waals surface area contributed by atoms with Crippen LogP contribution in [-0.2, 0) is 0 Å². The summed E-state index contributed by atoms with van der Waals surface area (Å²) in [6.45, 7) is 0.668. The molecule has 0 amide bonds. The van der Waals surface area contributed by atoms with Crippen molar-refractivity contribution in [2.45, 2.75) is 24.9 Å². The Bertz CT molecular complexity index is 644. The summed E-state index contributed by atoms with van der Waals surface area (Å²) in [5.41, 5.74) is 0. The van der Waals surface area contributed by atoms with E-state index in [1.165, 1.54) is 0 Å². The number of rotatable bonds is 5. The van der Waals surface area contributed by atoms with Gasteiger partial charge in [0.15, 0.2) is 0 Å². The van der Waals surface area contributed by atoms with E-state index >= 15 is 0 Å². The zero-order chi connectivity index (χ0) is 16.4. The van der Waals surface area contributed by atoms with Gasteiger partial charge in [0.05, 0.1) is 11.1 Å². The summed E-state index contributed by atoms with van der Waals surface area (Å²) in [5.74, 6) is 2.64. The third-order valence-electron chi connectivity index (χ3n) is 4.21. The van der Waals surface area contributed by atoms with Crippen molar-refractivity contribution in [3.8, 4) is 0 Å². The van der Waals surface area contributed by atoms with E-state index in [1.54, 1.807) is 12.3 Å². The van der Waals surface area contributed by atoms with Gasteiger partial charge >= 0.3 is 0 Å². The van der Waals surface area contributed by atoms with E-state index in [1.807, 2.05) is 25.1 Å². The predicted molar refractivity (Wildman–Crippen MR) is 89.9 cm³/mol. The van der Waals surface area contributed by atoms with E-state index in [9.17, 15) is 5.11 Å². The van der Waals surface area contributed by atoms with Gasteiger partial charge in [-0.2, -0.15) is 4.98 Å². The van der Waals surface area contributed by atoms with Crippen LogP contribution in [0.5, 0.6) is 0 Å². The number of nitrogens with one attached hydrogen (secondary N) is 2. The Morgan fingerprint density at radius 3 is 2.87 bits per heavy atom. The smallest absolute Gasteiger partial charge is 0.244 e. The van der Waals surface area contributed by atoms with Gasteiger partial charge in [0.2, 0.25) is 5.95 Å². The summed E-state index contributed by atoms with van der Waals surface area (Å²) in [5, 5.41) is 21.3. The lowest BCUT2D eigenvalue weighted by atomic mass is 10.0. The standard InChI is InChI=1S/C15H21ClN6O/c1-22(2)15-19-14(20-21-15)9-5-10(12(23)6-9)7-17-13-4-3-11(16)8-18-13/h3-4,8-10,12,23H,5-7H2,1-2H3,(H,17,18)(H,19,20,21)/t9-,10+,12+/m0/s1. The topological polar surface area (TPSA) is 90.0 Å². The first-order chi connectivity index (χ1) is 11.0. The summed E-state index contributed by atoms with van der Waals surface area (Å²) in [6, 6.07) is 3.63. The molecule has 7 nitrogen and oxygen atoms in total. The summed E-state index contributed by atoms with van der Waals surface area (Å²) in [7, 11) is 3.81. The molecule has 1 aliphatic carbocycles. The molecule has 3 atom stereocenters. The third-order valence-corrected chi connectivity index (χ3v) is 4.43. The fourth-order valence-corrected chi connectivity index (χ4v) is 3.02. The van der Waals surface area contributed by atoms with Gasteiger partial charge in [0, 0.05) is 38.7 Å². The lowest BCUT2D eigenvalue weighted by Crippen LogP contribution is -2.22. The fraction of sp³-hybridized carbons (Fsp3) is 0.533. The molecule has 2 aromatic heterocycles. The second-order valence-corrected chi connectivity index (χ2v) is 6.59. The molecule has 0 saturated heterocycles. The molecule has 0 unspecified atom stereocenters. The Balaban J connectivity index is 1.58. The Morgan fingerprint density at radius 2 is 2.22 bits per heavy atom. The van der Waals surface area contributed by atoms with Crippen LogP contribution >= 0.6 is 11.6 Å². The maximum Gasteiger partial charge on any atom is 0.244 e. The molecule has 0 aliphatic heterocycles. The molecule has 124 valence electrons. The summed E-state index contributed by atoms with van der Waals surface area (Å²) >= 11 is 5.82. The van der Waals surface area contributed by atoms with E-state index < -0.39 is 0 Å². The number of aliphatic hydroxyl groups is 1. The van der Waals surface area contributed by atoms with E-state index in [0.717, 1.165) is 18.1 Å². The number of halogens is 1. The lowest BCUT2D eigenvalue weighted by molar-refractivity contribution is 0.137. The van der Waals surface area contributed by atoms with E-state index in [4.69, 9.17) is 11.6 Å². The number of aliphatic hydroxyl groups excluding tert-OH is 1. The minimum Gasteiger partial charge on any atom is -0.393 e. The maximum atomic E-state index is 10.3. The van der Waals surface area contributed by atoms with Crippen LogP contribution < -0.4 is 10.2 Å². The zero-order valence-corrected chi connectivity index (χ0v) is 14.0. The van der Waals surface area contributed by atoms with Gasteiger partial charge in [-0.1, -0.05) is 11.6 Å². The molecular formula is C15H21ClN6O. The van der Waals surface area contributed by atoms with Crippen LogP contribution in [0.25, 0.3) is 0 Å². The molecule has 8 heteroatoms. The molecule has 3 rings (SSSR count). The average Bonchev–Trinajstić information content (AvgIpc) is 3.14. The van der Waals surface area contributed by atoms with Crippen LogP contribution in [0, 0.1) is 5.92 Å². The van der Waals surface area contributed by atoms with Crippen molar-refractivity contribution < 1.29 is 5.11 Å². The van der Waals surface area contributed by atoms with Gasteiger partial charge in [0.1, 0.15) is 11.6 Å². The number of hydrogen-bond donors (Lipinski definition) is 3. The molecule has 0 aromatic carbocycles. The van der Waals surface area contributed by atoms with E-state index in [-0.39, 0.29) is 17.9 Å². The highest BCUT2D eigenvalue weighted by molar-refractivity contribution is 6.30. The van der Waals surface area contributed by atoms with Gasteiger partial charge in [-0.15, -0.1) is 5.10 Å². The predicted octanol–water partition coefficient (Wildman–Crippen LogP) is 1.89. The molecule has 0 spiro atoms. The minimum absolute atomic E-state index is 0.158. The molecule has 2 heterocycles. The quantitative estimate of drug-likeness (QED) is 0.772. The molecule has 2 aromatic rings. The first kappa shape index (κ1) is 16.0. The van der Waals surface area contributed by atoms with Gasteiger partial charge < -0.3 is 15.3 Å². The van der Waals surface area contributed by atoms with Gasteiger partial charge in [0.25, 0.3) is 0 Å². The normalized spacial score (nSPS) is 23.9. The number of hydrogen-bond acceptors (Lipinski definition) is 6. The number of nitrogens with zero attached hydrogens (tertiary/aromatic N) is 4. The molecule has 0 bridgehead atoms. The van der Waals surface area contributed by atoms with Crippen molar-refractivity contribution in [2.24, 2.45) is 5.92 Å². The number of aromatic amines is 1. The molecule has 1 fully saturated rings. The Morgan fingerprint density at radius 1 is 1.39 bits per heavy atom. The minimum atomic E-state index is -0.354. The van der Waals surface area contributed by atoms with Crippen LogP contribution in [0.2, 0.25) is 5.02 Å². The van der Waals surface area contributed by atoms with Crippen molar-refractivity contribution in [3.63, 3.8) is 0 Å². The molecule has 23 heavy (non-hydrogen) atoms. The maximum absolute atomic E-state index is 10.3. The van der Waals surface area contributed by atoms with E-state index in [0.29, 0.717) is 23.9 Å². The molecule has 1 saturated carbocycles. The van der Waals surface area contributed by atoms with Crippen molar-refractivity contribution >= 4 is 23.4 Å². The molecule has 0 radical (unpaired) electrons. The van der Waals surface area contributed by atoms with Gasteiger partial charge in [-0.3, -0.25) is 5.10 Å². The Hall–Kier alpha value is -1.86. The highest BCUT2D eigenvalue weighted by atomic mass is 35.5. The summed E-state index contributed by atoms with van der Waals surface area (Å²) in [4.78, 5) is 10.6. The molecular weight excluding hydrogens is 316 g/mol. The van der Waals surface area contributed by atoms with Crippen LogP contribution in [-0.4, -0.2) is 52.0 Å². The summed E-state index contributed by atoms with van der Waals surface area (Å²) in [6.07, 6.45) is 2.81. The SMILES string of the molecule is CN(C)c1n[nH]c([C@H]2C[C@H](CNc3ccc(Cl)cn3)[C@H](O)C2)n1. The Labute approximate surface area is 140 Å². The van der Waals surface area contributed by atoms with Crippen molar-refractivity contribution in [2.75, 3.05) is 30.9 Å². The van der Waals surface area contributed by atoms with Crippen LogP contribution in [0.1, 0.15) is 24.6 Å². The lowest BCUT2D eigenvalue weighted by Gasteiger charge is -2.15. The first-order valence-corrected chi connectivity index (χ1v) is 8.04. The van der Waals surface area contributed by atoms with E-state index in [2.05, 4.69) is 25.5 Å². The van der Waals surface area contributed by atoms with Crippen molar-refractivity contribution in [3.05, 3.63) is 29.2 Å². The fourth-order valence-electron chi connectivity index (χ4n) is 2.91. The third kappa shape index (κ3) is 3.73. The average molecular weight is 337 g/mol. The molecule has 3 N–H and O–H groups in total. The van der Waals surface area contributed by atoms with Crippen LogP contribution in [0.15, 0.2) is 18.3 Å². The second kappa shape index (κ2) is 6.72. The highest BCUT2D eigenvalue weighted by Crippen LogP contribution is 2.37. The van der Waals surface area contributed by atoms with Crippen molar-refractivity contribution in [1.82, 2.24) is 20.2 Å². The van der Waals surface area contributed by atoms with Gasteiger partial charge in [-0.05, 0) is 25.0 Å². The Kier molecular flexibility index (Phi) is 4.68. The monoisotopic (exact) mass is 336 g/mol. The van der Waals surface area contributed by atoms with Crippen LogP contribution in [0.4, 0.5) is 11.8 Å². The number of H-pyrrole nitrogens is 1. The summed E-state index contributed by atoms with van der Waals surface area (Å²) < 4.78 is 0. The van der Waals surface area contributed by atoms with Crippen molar-refractivity contribution in [1.29, 1.82) is 0 Å². The largest absolute Gasteiger partial charge is 0.393 e. The highest BCUT2D eigenvalue weighted by Gasteiger charge is 2.35. The van der Waals surface area contributed by atoms with Gasteiger partial charge in [-0.25, -0.2) is 4.98 Å². The number of anilines is 2. The first-order valence-electron chi connectivity index (χ1n) is 7.66. The number of aromatic nitrogens is 4. The number of pyridine rings is 1. The molecule has 1 aliphatic rings. The van der Waals surface area contributed by atoms with Crippen LogP contribution in [0.3, 0.4) is 0 Å².